The molecule has 2 aliphatic rings. The Morgan fingerprint density at radius 2 is 0.782 bits per heavy atom. The number of hydrogen-bond donors (Lipinski definition) is 0. The van der Waals surface area contributed by atoms with Gasteiger partial charge in [0.05, 0.1) is 33.6 Å². The lowest BCUT2D eigenvalue weighted by atomic mass is 9.81. The topological polar surface area (TPSA) is 74.8 Å². The number of imide groups is 2. The van der Waals surface area contributed by atoms with E-state index in [1.165, 1.54) is 18.2 Å². The van der Waals surface area contributed by atoms with Gasteiger partial charge >= 0.3 is 0 Å². The summed E-state index contributed by atoms with van der Waals surface area (Å²) in [5, 5.41) is -3.33. The zero-order valence-corrected chi connectivity index (χ0v) is 29.2. The van der Waals surface area contributed by atoms with Crippen LogP contribution in [0.4, 0.5) is 28.9 Å². The summed E-state index contributed by atoms with van der Waals surface area (Å²) in [7, 11) is 0. The maximum Gasteiger partial charge on any atom is 0.266 e. The van der Waals surface area contributed by atoms with E-state index in [-0.39, 0.29) is 55.7 Å². The van der Waals surface area contributed by atoms with Crippen LogP contribution in [0.15, 0.2) is 80.4 Å². The van der Waals surface area contributed by atoms with Crippen molar-refractivity contribution < 1.29 is 36.7 Å². The van der Waals surface area contributed by atoms with Crippen LogP contribution in [0, 0.1) is 23.3 Å². The van der Waals surface area contributed by atoms with Crippen molar-refractivity contribution in [2.75, 3.05) is 9.80 Å². The number of para-hydroxylation sites is 2. The highest BCUT2D eigenvalue weighted by Gasteiger charge is 2.42. The normalized spacial score (nSPS) is 14.1. The van der Waals surface area contributed by atoms with Crippen molar-refractivity contribution in [3.63, 3.8) is 0 Å². The number of benzene rings is 7. The Morgan fingerprint density at radius 1 is 0.473 bits per heavy atom. The number of rotatable bonds is 6. The molecule has 9 rings (SSSR count). The van der Waals surface area contributed by atoms with Gasteiger partial charge in [0.15, 0.2) is 0 Å². The highest BCUT2D eigenvalue weighted by atomic mass is 19.1. The molecular formula is C45H26F4N2O4. The third kappa shape index (κ3) is 4.19. The van der Waals surface area contributed by atoms with Crippen LogP contribution < -0.4 is 9.80 Å². The number of anilines is 2. The number of halogens is 4. The van der Waals surface area contributed by atoms with Gasteiger partial charge in [0, 0.05) is 43.1 Å². The van der Waals surface area contributed by atoms with Crippen LogP contribution in [-0.2, 0) is 0 Å². The van der Waals surface area contributed by atoms with E-state index >= 15 is 17.6 Å². The fourth-order valence-electron chi connectivity index (χ4n) is 8.50. The summed E-state index contributed by atoms with van der Waals surface area (Å²) in [5.41, 5.74) is 0.696. The predicted molar refractivity (Wildman–Crippen MR) is 207 cm³/mol. The van der Waals surface area contributed by atoms with Crippen LogP contribution >= 0.6 is 0 Å². The highest BCUT2D eigenvalue weighted by molar-refractivity contribution is 6.46. The molecule has 0 fully saturated rings. The lowest BCUT2D eigenvalue weighted by Crippen LogP contribution is -2.42. The first-order valence-corrected chi connectivity index (χ1v) is 17.2. The minimum Gasteiger partial charge on any atom is -0.268 e. The Bertz CT molecular complexity index is 2900. The van der Waals surface area contributed by atoms with E-state index in [9.17, 15) is 19.2 Å². The summed E-state index contributed by atoms with van der Waals surface area (Å²) in [5.74, 6) is -8.65. The molecule has 7 aromatic rings. The molecule has 7 aromatic carbocycles. The van der Waals surface area contributed by atoms with E-state index < -0.39 is 73.8 Å². The number of amides is 4. The van der Waals surface area contributed by atoms with Gasteiger partial charge in [0.1, 0.15) is 23.3 Å². The molecule has 2 aliphatic heterocycles. The standard InChI is InChI=1S/C45H26F4N2O4/c1-6-20-11-9-12-21(7-2)40(20)50-42(52)24-15-28(46)34-36-30(48)17-26-33-27(45(55)51(44(26)54)41-22(8-3)13-10-14-23(41)19(4)5)18-31(49)37(39(33)36)35-29(47)16-25(43(50)53)32(24)38(34)35/h6-19H,1-3H2,4-5H3. The van der Waals surface area contributed by atoms with Gasteiger partial charge in [-0.05, 0) is 52.4 Å². The lowest BCUT2D eigenvalue weighted by Gasteiger charge is -2.32. The summed E-state index contributed by atoms with van der Waals surface area (Å²) < 4.78 is 67.2. The molecule has 2 heterocycles. The van der Waals surface area contributed by atoms with E-state index in [0.29, 0.717) is 22.3 Å². The second kappa shape index (κ2) is 11.5. The maximum atomic E-state index is 16.8. The molecule has 0 aliphatic carbocycles. The van der Waals surface area contributed by atoms with E-state index in [1.807, 2.05) is 13.8 Å². The first kappa shape index (κ1) is 33.9. The number of carbonyl (C=O) groups is 4. The van der Waals surface area contributed by atoms with Gasteiger partial charge in [-0.15, -0.1) is 0 Å². The van der Waals surface area contributed by atoms with Crippen molar-refractivity contribution in [3.05, 3.63) is 148 Å². The SMILES string of the molecule is C=Cc1cccc(C=C)c1N1C(=O)c2cc(F)c3c4c(F)cc5c6c(cc(F)c(c7c(F)cc(c2c37)C1=O)c64)C(=O)N(c1c(C=C)cccc1C(C)C)C5=O. The first-order valence-electron chi connectivity index (χ1n) is 17.2. The second-order valence-electron chi connectivity index (χ2n) is 13.9. The molecular weight excluding hydrogens is 708 g/mol. The monoisotopic (exact) mass is 734 g/mol. The number of carbonyl (C=O) groups excluding carboxylic acids is 4. The van der Waals surface area contributed by atoms with Gasteiger partial charge in [-0.2, -0.15) is 0 Å². The smallest absolute Gasteiger partial charge is 0.266 e. The van der Waals surface area contributed by atoms with Crippen LogP contribution in [0.1, 0.15) is 83.5 Å². The molecule has 55 heavy (non-hydrogen) atoms. The van der Waals surface area contributed by atoms with Crippen LogP contribution in [0.2, 0.25) is 0 Å². The molecule has 6 nitrogen and oxygen atoms in total. The molecule has 0 saturated carbocycles. The number of nitrogens with zero attached hydrogens (tertiary/aromatic N) is 2. The molecule has 10 heteroatoms. The molecule has 0 spiro atoms. The summed E-state index contributed by atoms with van der Waals surface area (Å²) in [4.78, 5) is 59.1. The number of fused-ring (bicyclic) bond motifs is 2. The fraction of sp³-hybridized carbons (Fsp3) is 0.0667. The van der Waals surface area contributed by atoms with Crippen molar-refractivity contribution >= 4 is 96.3 Å². The zero-order valence-electron chi connectivity index (χ0n) is 29.2. The third-order valence-corrected chi connectivity index (χ3v) is 10.8. The Balaban J connectivity index is 1.39. The highest BCUT2D eigenvalue weighted by Crippen LogP contribution is 2.51. The second-order valence-corrected chi connectivity index (χ2v) is 13.9. The van der Waals surface area contributed by atoms with Crippen molar-refractivity contribution in [2.24, 2.45) is 0 Å². The Kier molecular flexibility index (Phi) is 7.10. The molecule has 0 unspecified atom stereocenters. The number of hydrogen-bond acceptors (Lipinski definition) is 4. The van der Waals surface area contributed by atoms with Crippen molar-refractivity contribution in [1.29, 1.82) is 0 Å². The summed E-state index contributed by atoms with van der Waals surface area (Å²) >= 11 is 0. The van der Waals surface area contributed by atoms with E-state index in [0.717, 1.165) is 34.1 Å². The minimum absolute atomic E-state index is 0.0867. The van der Waals surface area contributed by atoms with Crippen LogP contribution in [0.25, 0.3) is 61.3 Å². The summed E-state index contributed by atoms with van der Waals surface area (Å²) in [6.07, 6.45) is 4.29. The Morgan fingerprint density at radius 3 is 1.11 bits per heavy atom. The Hall–Kier alpha value is -6.94. The molecule has 268 valence electrons. The maximum absolute atomic E-state index is 16.8. The molecule has 0 aromatic heterocycles. The fourth-order valence-corrected chi connectivity index (χ4v) is 8.50. The van der Waals surface area contributed by atoms with Crippen LogP contribution in [0.5, 0.6) is 0 Å². The van der Waals surface area contributed by atoms with Gasteiger partial charge in [-0.1, -0.05) is 88.2 Å². The van der Waals surface area contributed by atoms with Gasteiger partial charge in [-0.3, -0.25) is 19.2 Å². The molecule has 4 amide bonds. The molecule has 0 atom stereocenters. The quantitative estimate of drug-likeness (QED) is 0.0738. The summed E-state index contributed by atoms with van der Waals surface area (Å²) in [6.45, 7) is 15.1. The molecule has 0 radical (unpaired) electrons. The van der Waals surface area contributed by atoms with E-state index in [4.69, 9.17) is 0 Å². The summed E-state index contributed by atoms with van der Waals surface area (Å²) in [6, 6.07) is 13.4. The van der Waals surface area contributed by atoms with Crippen molar-refractivity contribution in [3.8, 4) is 0 Å². The Labute approximate surface area is 310 Å². The first-order chi connectivity index (χ1) is 26.4. The van der Waals surface area contributed by atoms with Gasteiger partial charge in [0.25, 0.3) is 23.6 Å². The van der Waals surface area contributed by atoms with Crippen LogP contribution in [0.3, 0.4) is 0 Å². The van der Waals surface area contributed by atoms with Gasteiger partial charge < -0.3 is 0 Å². The van der Waals surface area contributed by atoms with E-state index in [1.54, 1.807) is 36.4 Å². The largest absolute Gasteiger partial charge is 0.268 e. The third-order valence-electron chi connectivity index (χ3n) is 10.8. The van der Waals surface area contributed by atoms with Crippen molar-refractivity contribution in [2.45, 2.75) is 19.8 Å². The van der Waals surface area contributed by atoms with Crippen LogP contribution in [-0.4, -0.2) is 23.6 Å². The van der Waals surface area contributed by atoms with Gasteiger partial charge in [0.2, 0.25) is 0 Å². The van der Waals surface area contributed by atoms with Crippen molar-refractivity contribution in [1.82, 2.24) is 0 Å². The van der Waals surface area contributed by atoms with E-state index in [2.05, 4.69) is 19.7 Å². The average molecular weight is 735 g/mol. The van der Waals surface area contributed by atoms with Gasteiger partial charge in [-0.25, -0.2) is 27.4 Å². The predicted octanol–water partition coefficient (Wildman–Crippen LogP) is 10.9. The minimum atomic E-state index is -1.17. The lowest BCUT2D eigenvalue weighted by molar-refractivity contribution is 0.0877. The molecule has 0 N–H and O–H groups in total. The average Bonchev–Trinajstić information content (AvgIpc) is 3.17. The molecule has 0 bridgehead atoms. The molecule has 0 saturated heterocycles. The zero-order chi connectivity index (χ0) is 38.9.